The Morgan fingerprint density at radius 3 is 2.30 bits per heavy atom. The molecule has 2 aromatic rings. The molecule has 20 heavy (non-hydrogen) atoms. The fourth-order valence-corrected chi connectivity index (χ4v) is 1.50. The highest BCUT2D eigenvalue weighted by molar-refractivity contribution is 6.04. The van der Waals surface area contributed by atoms with Crippen LogP contribution < -0.4 is 5.32 Å². The van der Waals surface area contributed by atoms with E-state index in [9.17, 15) is 22.4 Å². The Kier molecular flexibility index (Phi) is 3.60. The first-order valence-corrected chi connectivity index (χ1v) is 5.33. The van der Waals surface area contributed by atoms with E-state index in [-0.39, 0.29) is 11.4 Å². The maximum atomic E-state index is 13.4. The molecule has 0 bridgehead atoms. The summed E-state index contributed by atoms with van der Waals surface area (Å²) in [4.78, 5) is 11.7. The van der Waals surface area contributed by atoms with Gasteiger partial charge in [-0.3, -0.25) is 4.79 Å². The number of aromatic hydroxyl groups is 1. The lowest BCUT2D eigenvalue weighted by Crippen LogP contribution is -2.16. The summed E-state index contributed by atoms with van der Waals surface area (Å²) in [6.07, 6.45) is 0. The van der Waals surface area contributed by atoms with Gasteiger partial charge in [-0.25, -0.2) is 17.6 Å². The number of halogens is 4. The number of hydrogen-bond donors (Lipinski definition) is 2. The molecule has 104 valence electrons. The fraction of sp³-hybridized carbons (Fsp3) is 0. The molecule has 0 aliphatic rings. The summed E-state index contributed by atoms with van der Waals surface area (Å²) in [7, 11) is 0. The fourth-order valence-electron chi connectivity index (χ4n) is 1.50. The molecule has 0 aliphatic carbocycles. The summed E-state index contributed by atoms with van der Waals surface area (Å²) in [5.41, 5.74) is -1.10. The highest BCUT2D eigenvalue weighted by Gasteiger charge is 2.19. The van der Waals surface area contributed by atoms with E-state index in [0.717, 1.165) is 24.3 Å². The molecule has 7 heteroatoms. The van der Waals surface area contributed by atoms with Gasteiger partial charge in [0, 0.05) is 6.07 Å². The average Bonchev–Trinajstić information content (AvgIpc) is 2.39. The first-order valence-electron chi connectivity index (χ1n) is 5.33. The summed E-state index contributed by atoms with van der Waals surface area (Å²) in [5, 5.41) is 11.0. The number of anilines is 1. The zero-order chi connectivity index (χ0) is 14.9. The van der Waals surface area contributed by atoms with Crippen LogP contribution >= 0.6 is 0 Å². The average molecular weight is 285 g/mol. The molecule has 0 atom stereocenters. The van der Waals surface area contributed by atoms with Gasteiger partial charge in [0.15, 0.2) is 17.5 Å². The SMILES string of the molecule is O=C(Nc1ccc(O)cc1F)c1ccc(F)c(F)c1F. The second-order valence-electron chi connectivity index (χ2n) is 3.84. The van der Waals surface area contributed by atoms with Gasteiger partial charge in [0.25, 0.3) is 5.91 Å². The van der Waals surface area contributed by atoms with Gasteiger partial charge >= 0.3 is 0 Å². The van der Waals surface area contributed by atoms with Crippen molar-refractivity contribution >= 4 is 11.6 Å². The van der Waals surface area contributed by atoms with Crippen LogP contribution in [0.5, 0.6) is 5.75 Å². The maximum absolute atomic E-state index is 13.4. The number of hydrogen-bond acceptors (Lipinski definition) is 2. The predicted octanol–water partition coefficient (Wildman–Crippen LogP) is 3.20. The number of carbonyl (C=O) groups excluding carboxylic acids is 1. The van der Waals surface area contributed by atoms with Gasteiger partial charge in [0.05, 0.1) is 11.3 Å². The van der Waals surface area contributed by atoms with Crippen molar-refractivity contribution in [1.82, 2.24) is 0 Å². The molecule has 2 aromatic carbocycles. The van der Waals surface area contributed by atoms with Crippen molar-refractivity contribution in [2.24, 2.45) is 0 Å². The van der Waals surface area contributed by atoms with E-state index in [0.29, 0.717) is 6.07 Å². The van der Waals surface area contributed by atoms with E-state index in [1.54, 1.807) is 0 Å². The largest absolute Gasteiger partial charge is 0.508 e. The molecule has 3 nitrogen and oxygen atoms in total. The Morgan fingerprint density at radius 1 is 0.950 bits per heavy atom. The third-order valence-electron chi connectivity index (χ3n) is 2.48. The topological polar surface area (TPSA) is 49.3 Å². The Balaban J connectivity index is 2.31. The van der Waals surface area contributed by atoms with Crippen LogP contribution in [0.4, 0.5) is 23.2 Å². The van der Waals surface area contributed by atoms with E-state index in [2.05, 4.69) is 0 Å². The van der Waals surface area contributed by atoms with E-state index >= 15 is 0 Å². The van der Waals surface area contributed by atoms with Crippen LogP contribution in [-0.2, 0) is 0 Å². The minimum atomic E-state index is -1.79. The van der Waals surface area contributed by atoms with Crippen molar-refractivity contribution in [3.05, 3.63) is 59.2 Å². The van der Waals surface area contributed by atoms with Crippen molar-refractivity contribution in [2.75, 3.05) is 5.32 Å². The molecule has 0 unspecified atom stereocenters. The number of nitrogens with one attached hydrogen (secondary N) is 1. The van der Waals surface area contributed by atoms with Crippen LogP contribution in [-0.4, -0.2) is 11.0 Å². The van der Waals surface area contributed by atoms with Gasteiger partial charge in [-0.05, 0) is 24.3 Å². The van der Waals surface area contributed by atoms with Gasteiger partial charge in [-0.2, -0.15) is 0 Å². The quantitative estimate of drug-likeness (QED) is 0.506. The minimum absolute atomic E-state index is 0.336. The third-order valence-corrected chi connectivity index (χ3v) is 2.48. The second kappa shape index (κ2) is 5.20. The van der Waals surface area contributed by atoms with Crippen LogP contribution in [0.25, 0.3) is 0 Å². The maximum Gasteiger partial charge on any atom is 0.258 e. The van der Waals surface area contributed by atoms with Gasteiger partial charge in [-0.15, -0.1) is 0 Å². The van der Waals surface area contributed by atoms with Crippen LogP contribution in [0.1, 0.15) is 10.4 Å². The molecule has 0 saturated carbocycles. The van der Waals surface area contributed by atoms with E-state index in [4.69, 9.17) is 5.11 Å². The van der Waals surface area contributed by atoms with Crippen molar-refractivity contribution < 1.29 is 27.5 Å². The first-order chi connectivity index (χ1) is 9.40. The van der Waals surface area contributed by atoms with Crippen LogP contribution in [0.15, 0.2) is 30.3 Å². The van der Waals surface area contributed by atoms with Crippen molar-refractivity contribution in [3.8, 4) is 5.75 Å². The molecular formula is C13H7F4NO2. The molecule has 0 saturated heterocycles. The lowest BCUT2D eigenvalue weighted by Gasteiger charge is -2.08. The van der Waals surface area contributed by atoms with Crippen molar-refractivity contribution in [3.63, 3.8) is 0 Å². The van der Waals surface area contributed by atoms with Gasteiger partial charge in [0.1, 0.15) is 11.6 Å². The van der Waals surface area contributed by atoms with Crippen molar-refractivity contribution in [2.45, 2.75) is 0 Å². The molecule has 0 heterocycles. The molecule has 1 amide bonds. The standard InChI is InChI=1S/C13H7F4NO2/c14-8-3-2-7(11(16)12(8)17)13(20)18-10-4-1-6(19)5-9(10)15/h1-5,19H,(H,18,20). The highest BCUT2D eigenvalue weighted by atomic mass is 19.2. The Morgan fingerprint density at radius 2 is 1.65 bits per heavy atom. The van der Waals surface area contributed by atoms with Gasteiger partial charge in [-0.1, -0.05) is 0 Å². The highest BCUT2D eigenvalue weighted by Crippen LogP contribution is 2.21. The first kappa shape index (κ1) is 13.9. The number of amides is 1. The normalized spacial score (nSPS) is 10.4. The van der Waals surface area contributed by atoms with Crippen LogP contribution in [0.3, 0.4) is 0 Å². The third kappa shape index (κ3) is 2.56. The van der Waals surface area contributed by atoms with Gasteiger partial charge in [0.2, 0.25) is 0 Å². The van der Waals surface area contributed by atoms with E-state index in [1.807, 2.05) is 5.32 Å². The number of phenolic OH excluding ortho intramolecular Hbond substituents is 1. The molecule has 0 fully saturated rings. The molecule has 0 aliphatic heterocycles. The summed E-state index contributed by atoms with van der Waals surface area (Å²) in [5.74, 6) is -7.35. The molecule has 2 rings (SSSR count). The van der Waals surface area contributed by atoms with Crippen LogP contribution in [0.2, 0.25) is 0 Å². The lowest BCUT2D eigenvalue weighted by molar-refractivity contribution is 0.102. The molecular weight excluding hydrogens is 278 g/mol. The number of carbonyl (C=O) groups is 1. The molecule has 0 radical (unpaired) electrons. The van der Waals surface area contributed by atoms with E-state index in [1.165, 1.54) is 0 Å². The summed E-state index contributed by atoms with van der Waals surface area (Å²) >= 11 is 0. The lowest BCUT2D eigenvalue weighted by atomic mass is 10.1. The zero-order valence-electron chi connectivity index (χ0n) is 9.75. The molecule has 0 aromatic heterocycles. The molecule has 0 spiro atoms. The van der Waals surface area contributed by atoms with Crippen LogP contribution in [0, 0.1) is 23.3 Å². The predicted molar refractivity (Wildman–Crippen MR) is 62.3 cm³/mol. The van der Waals surface area contributed by atoms with Gasteiger partial charge < -0.3 is 10.4 Å². The minimum Gasteiger partial charge on any atom is -0.508 e. The Labute approximate surface area is 110 Å². The Bertz CT molecular complexity index is 688. The second-order valence-corrected chi connectivity index (χ2v) is 3.84. The Hall–Kier alpha value is -2.57. The number of phenols is 1. The number of benzene rings is 2. The summed E-state index contributed by atoms with van der Waals surface area (Å²) in [6, 6.07) is 4.19. The monoisotopic (exact) mass is 285 g/mol. The summed E-state index contributed by atoms with van der Waals surface area (Å²) in [6.45, 7) is 0. The zero-order valence-corrected chi connectivity index (χ0v) is 9.75. The van der Waals surface area contributed by atoms with E-state index < -0.39 is 34.7 Å². The smallest absolute Gasteiger partial charge is 0.258 e. The number of rotatable bonds is 2. The summed E-state index contributed by atoms with van der Waals surface area (Å²) < 4.78 is 52.4. The van der Waals surface area contributed by atoms with Crippen molar-refractivity contribution in [1.29, 1.82) is 0 Å². The molecule has 2 N–H and O–H groups in total.